The number of anilines is 2. The van der Waals surface area contributed by atoms with Crippen molar-refractivity contribution in [3.8, 4) is 0 Å². The fraction of sp³-hybridized carbons (Fsp3) is 0.533. The van der Waals surface area contributed by atoms with E-state index in [1.54, 1.807) is 0 Å². The first-order chi connectivity index (χ1) is 8.65. The highest BCUT2D eigenvalue weighted by atomic mass is 16.1. The van der Waals surface area contributed by atoms with Gasteiger partial charge in [-0.15, -0.1) is 0 Å². The summed E-state index contributed by atoms with van der Waals surface area (Å²) in [7, 11) is 0. The number of amides is 1. The molecule has 0 aromatic heterocycles. The Morgan fingerprint density at radius 2 is 2.11 bits per heavy atom. The van der Waals surface area contributed by atoms with Crippen molar-refractivity contribution in [2.24, 2.45) is 5.92 Å². The highest BCUT2D eigenvalue weighted by Crippen LogP contribution is 2.28. The van der Waals surface area contributed by atoms with Crippen molar-refractivity contribution >= 4 is 17.3 Å². The van der Waals surface area contributed by atoms with Crippen LogP contribution in [0.15, 0.2) is 18.2 Å². The van der Waals surface area contributed by atoms with Crippen molar-refractivity contribution in [1.29, 1.82) is 0 Å². The third-order valence-electron chi connectivity index (χ3n) is 3.81. The summed E-state index contributed by atoms with van der Waals surface area (Å²) in [6.45, 7) is 1.95. The van der Waals surface area contributed by atoms with E-state index in [4.69, 9.17) is 5.73 Å². The summed E-state index contributed by atoms with van der Waals surface area (Å²) in [6.07, 6.45) is 6.93. The van der Waals surface area contributed by atoms with Gasteiger partial charge in [-0.3, -0.25) is 4.79 Å². The number of nitrogens with one attached hydrogen (secondary N) is 1. The molecule has 3 heteroatoms. The molecule has 0 bridgehead atoms. The zero-order chi connectivity index (χ0) is 13.0. The lowest BCUT2D eigenvalue weighted by atomic mass is 10.0. The zero-order valence-electron chi connectivity index (χ0n) is 11.0. The quantitative estimate of drug-likeness (QED) is 0.799. The first-order valence-electron chi connectivity index (χ1n) is 6.81. The normalized spacial score (nSPS) is 15.8. The van der Waals surface area contributed by atoms with Crippen LogP contribution < -0.4 is 11.1 Å². The lowest BCUT2D eigenvalue weighted by molar-refractivity contribution is -0.116. The molecule has 0 heterocycles. The van der Waals surface area contributed by atoms with Crippen LogP contribution in [0, 0.1) is 12.8 Å². The Morgan fingerprint density at radius 3 is 2.78 bits per heavy atom. The Hall–Kier alpha value is -1.51. The van der Waals surface area contributed by atoms with Gasteiger partial charge in [0.15, 0.2) is 0 Å². The maximum atomic E-state index is 11.8. The molecule has 98 valence electrons. The number of nitrogens with two attached hydrogens (primary N) is 1. The van der Waals surface area contributed by atoms with Gasteiger partial charge in [0, 0.05) is 17.8 Å². The Morgan fingerprint density at radius 1 is 1.39 bits per heavy atom. The van der Waals surface area contributed by atoms with Crippen molar-refractivity contribution < 1.29 is 4.79 Å². The van der Waals surface area contributed by atoms with E-state index in [1.807, 2.05) is 25.1 Å². The summed E-state index contributed by atoms with van der Waals surface area (Å²) in [5.41, 5.74) is 8.36. The number of carbonyl (C=O) groups excluding carboxylic acids is 1. The molecule has 1 aliphatic carbocycles. The number of carbonyl (C=O) groups is 1. The van der Waals surface area contributed by atoms with Gasteiger partial charge < -0.3 is 11.1 Å². The minimum atomic E-state index is 0.117. The molecule has 3 N–H and O–H groups in total. The summed E-state index contributed by atoms with van der Waals surface area (Å²) >= 11 is 0. The SMILES string of the molecule is Cc1cc(NC(=O)CCC2CCCC2)ccc1N. The lowest BCUT2D eigenvalue weighted by Gasteiger charge is -2.10. The monoisotopic (exact) mass is 246 g/mol. The van der Waals surface area contributed by atoms with Gasteiger partial charge in [0.05, 0.1) is 0 Å². The number of rotatable bonds is 4. The fourth-order valence-electron chi connectivity index (χ4n) is 2.61. The van der Waals surface area contributed by atoms with Crippen LogP contribution in [0.2, 0.25) is 0 Å². The topological polar surface area (TPSA) is 55.1 Å². The Labute approximate surface area is 109 Å². The maximum absolute atomic E-state index is 11.8. The molecular formula is C15H22N2O. The van der Waals surface area contributed by atoms with E-state index >= 15 is 0 Å². The third-order valence-corrected chi connectivity index (χ3v) is 3.81. The molecular weight excluding hydrogens is 224 g/mol. The molecule has 0 atom stereocenters. The predicted molar refractivity (Wildman–Crippen MR) is 75.4 cm³/mol. The number of nitrogen functional groups attached to an aromatic ring is 1. The van der Waals surface area contributed by atoms with Gasteiger partial charge in [0.25, 0.3) is 0 Å². The van der Waals surface area contributed by atoms with E-state index in [0.717, 1.165) is 29.3 Å². The molecule has 2 rings (SSSR count). The molecule has 0 unspecified atom stereocenters. The van der Waals surface area contributed by atoms with Crippen LogP contribution in [0.3, 0.4) is 0 Å². The number of aryl methyl sites for hydroxylation is 1. The maximum Gasteiger partial charge on any atom is 0.224 e. The summed E-state index contributed by atoms with van der Waals surface area (Å²) in [4.78, 5) is 11.8. The van der Waals surface area contributed by atoms with Crippen molar-refractivity contribution in [3.63, 3.8) is 0 Å². The molecule has 0 saturated heterocycles. The smallest absolute Gasteiger partial charge is 0.224 e. The highest BCUT2D eigenvalue weighted by Gasteiger charge is 2.16. The summed E-state index contributed by atoms with van der Waals surface area (Å²) in [5.74, 6) is 0.884. The van der Waals surface area contributed by atoms with E-state index in [9.17, 15) is 4.79 Å². The standard InChI is InChI=1S/C15H22N2O/c1-11-10-13(7-8-14(11)16)17-15(18)9-6-12-4-2-3-5-12/h7-8,10,12H,2-6,9,16H2,1H3,(H,17,18). The Kier molecular flexibility index (Phi) is 4.24. The first kappa shape index (κ1) is 12.9. The van der Waals surface area contributed by atoms with Crippen LogP contribution in [0.5, 0.6) is 0 Å². The minimum absolute atomic E-state index is 0.117. The zero-order valence-corrected chi connectivity index (χ0v) is 11.0. The Bertz CT molecular complexity index is 423. The number of hydrogen-bond donors (Lipinski definition) is 2. The molecule has 1 amide bonds. The first-order valence-corrected chi connectivity index (χ1v) is 6.81. The summed E-state index contributed by atoms with van der Waals surface area (Å²) in [5, 5.41) is 2.94. The van der Waals surface area contributed by atoms with Gasteiger partial charge >= 0.3 is 0 Å². The van der Waals surface area contributed by atoms with Gasteiger partial charge in [-0.1, -0.05) is 25.7 Å². The van der Waals surface area contributed by atoms with Crippen molar-refractivity contribution in [3.05, 3.63) is 23.8 Å². The highest BCUT2D eigenvalue weighted by molar-refractivity contribution is 5.91. The van der Waals surface area contributed by atoms with Gasteiger partial charge in [0.2, 0.25) is 5.91 Å². The molecule has 1 aromatic carbocycles. The molecule has 0 aliphatic heterocycles. The average Bonchev–Trinajstić information content (AvgIpc) is 2.84. The van der Waals surface area contributed by atoms with Crippen LogP contribution >= 0.6 is 0 Å². The van der Waals surface area contributed by atoms with E-state index in [2.05, 4.69) is 5.32 Å². The average molecular weight is 246 g/mol. The van der Waals surface area contributed by atoms with Gasteiger partial charge in [-0.25, -0.2) is 0 Å². The lowest BCUT2D eigenvalue weighted by Crippen LogP contribution is -2.13. The second-order valence-corrected chi connectivity index (χ2v) is 5.31. The molecule has 1 aliphatic rings. The van der Waals surface area contributed by atoms with E-state index in [1.165, 1.54) is 25.7 Å². The molecule has 3 nitrogen and oxygen atoms in total. The molecule has 0 spiro atoms. The molecule has 18 heavy (non-hydrogen) atoms. The summed E-state index contributed by atoms with van der Waals surface area (Å²) < 4.78 is 0. The van der Waals surface area contributed by atoms with E-state index in [-0.39, 0.29) is 5.91 Å². The van der Waals surface area contributed by atoms with Crippen LogP contribution in [0.1, 0.15) is 44.1 Å². The molecule has 1 fully saturated rings. The predicted octanol–water partition coefficient (Wildman–Crippen LogP) is 3.49. The fourth-order valence-corrected chi connectivity index (χ4v) is 2.61. The number of benzene rings is 1. The minimum Gasteiger partial charge on any atom is -0.399 e. The largest absolute Gasteiger partial charge is 0.399 e. The van der Waals surface area contributed by atoms with Gasteiger partial charge in [-0.2, -0.15) is 0 Å². The van der Waals surface area contributed by atoms with E-state index in [0.29, 0.717) is 6.42 Å². The van der Waals surface area contributed by atoms with Crippen molar-refractivity contribution in [2.45, 2.75) is 45.4 Å². The van der Waals surface area contributed by atoms with Crippen LogP contribution in [-0.4, -0.2) is 5.91 Å². The molecule has 1 saturated carbocycles. The molecule has 1 aromatic rings. The second kappa shape index (κ2) is 5.89. The van der Waals surface area contributed by atoms with Gasteiger partial charge in [0.1, 0.15) is 0 Å². The Balaban J connectivity index is 1.80. The molecule has 0 radical (unpaired) electrons. The third kappa shape index (κ3) is 3.49. The van der Waals surface area contributed by atoms with Crippen LogP contribution in [0.25, 0.3) is 0 Å². The number of hydrogen-bond acceptors (Lipinski definition) is 2. The second-order valence-electron chi connectivity index (χ2n) is 5.31. The van der Waals surface area contributed by atoms with Crippen molar-refractivity contribution in [1.82, 2.24) is 0 Å². The van der Waals surface area contributed by atoms with E-state index < -0.39 is 0 Å². The van der Waals surface area contributed by atoms with Gasteiger partial charge in [-0.05, 0) is 43.0 Å². The van der Waals surface area contributed by atoms with Crippen LogP contribution in [-0.2, 0) is 4.79 Å². The summed E-state index contributed by atoms with van der Waals surface area (Å²) in [6, 6.07) is 5.61. The van der Waals surface area contributed by atoms with Crippen LogP contribution in [0.4, 0.5) is 11.4 Å². The van der Waals surface area contributed by atoms with Crippen molar-refractivity contribution in [2.75, 3.05) is 11.1 Å².